The van der Waals surface area contributed by atoms with Crippen LogP contribution in [0.15, 0.2) is 47.5 Å². The number of fused-ring (bicyclic) bond motifs is 2. The van der Waals surface area contributed by atoms with Crippen molar-refractivity contribution in [3.63, 3.8) is 0 Å². The normalized spacial score (nSPS) is 15.8. The molecule has 1 unspecified atom stereocenters. The lowest BCUT2D eigenvalue weighted by atomic mass is 9.98. The maximum Gasteiger partial charge on any atom is 0.333 e. The topological polar surface area (TPSA) is 123 Å². The van der Waals surface area contributed by atoms with Gasteiger partial charge in [-0.05, 0) is 23.6 Å². The van der Waals surface area contributed by atoms with E-state index in [1.165, 1.54) is 6.20 Å². The summed E-state index contributed by atoms with van der Waals surface area (Å²) >= 11 is 0. The van der Waals surface area contributed by atoms with Gasteiger partial charge >= 0.3 is 18.3 Å². The minimum Gasteiger partial charge on any atom is -0.412 e. The zero-order valence-electron chi connectivity index (χ0n) is 19.3. The van der Waals surface area contributed by atoms with Crippen LogP contribution < -0.4 is 0 Å². The fourth-order valence-corrected chi connectivity index (χ4v) is 4.58. The number of carbonyl (C=O) groups excluding carboxylic acids is 1. The number of H-pyrrole nitrogens is 1. The zero-order valence-corrected chi connectivity index (χ0v) is 19.3. The molecule has 1 amide bonds. The van der Waals surface area contributed by atoms with E-state index < -0.39 is 18.5 Å². The molecular weight excluding hydrogens is 472 g/mol. The highest BCUT2D eigenvalue weighted by Crippen LogP contribution is 2.35. The summed E-state index contributed by atoms with van der Waals surface area (Å²) in [7, 11) is 0. The van der Waals surface area contributed by atoms with E-state index >= 15 is 0 Å². The van der Waals surface area contributed by atoms with Crippen molar-refractivity contribution in [2.45, 2.75) is 38.8 Å². The van der Waals surface area contributed by atoms with Crippen molar-refractivity contribution in [1.29, 1.82) is 0 Å². The summed E-state index contributed by atoms with van der Waals surface area (Å²) in [6.07, 6.45) is 6.29. The molecule has 1 aliphatic heterocycles. The molecule has 1 N–H and O–H groups in total. The summed E-state index contributed by atoms with van der Waals surface area (Å²) < 4.78 is 33.6. The monoisotopic (exact) mass is 493 g/mol. The SMILES string of the molecule is CC(C)c1cccn2nc(C3c4nc[nH]c4CCN3C(=O)c3nnc(-c4cnn(C(F)F)c4)o3)cc12. The number of alkyl halides is 2. The van der Waals surface area contributed by atoms with E-state index in [0.717, 1.165) is 23.0 Å². The maximum absolute atomic E-state index is 13.6. The van der Waals surface area contributed by atoms with E-state index in [0.29, 0.717) is 29.0 Å². The zero-order chi connectivity index (χ0) is 25.0. The number of aromatic nitrogens is 8. The Morgan fingerprint density at radius 2 is 2.14 bits per heavy atom. The summed E-state index contributed by atoms with van der Waals surface area (Å²) in [6.45, 7) is 1.79. The number of aromatic amines is 1. The lowest BCUT2D eigenvalue weighted by Crippen LogP contribution is -2.41. The minimum atomic E-state index is -2.80. The van der Waals surface area contributed by atoms with Crippen LogP contribution in [0.1, 0.15) is 65.7 Å². The Morgan fingerprint density at radius 1 is 1.28 bits per heavy atom. The molecule has 0 radical (unpaired) electrons. The first-order chi connectivity index (χ1) is 17.4. The van der Waals surface area contributed by atoms with Crippen molar-refractivity contribution in [3.05, 3.63) is 71.7 Å². The van der Waals surface area contributed by atoms with Gasteiger partial charge in [-0.2, -0.15) is 19.0 Å². The van der Waals surface area contributed by atoms with Crippen LogP contribution in [0, 0.1) is 0 Å². The maximum atomic E-state index is 13.6. The summed E-state index contributed by atoms with van der Waals surface area (Å²) in [5.74, 6) is -0.552. The van der Waals surface area contributed by atoms with Crippen LogP contribution in [0.25, 0.3) is 17.0 Å². The summed E-state index contributed by atoms with van der Waals surface area (Å²) in [4.78, 5) is 22.8. The van der Waals surface area contributed by atoms with Crippen LogP contribution in [-0.2, 0) is 6.42 Å². The fourth-order valence-electron chi connectivity index (χ4n) is 4.58. The predicted octanol–water partition coefficient (Wildman–Crippen LogP) is 3.61. The van der Waals surface area contributed by atoms with Crippen molar-refractivity contribution in [3.8, 4) is 11.5 Å². The molecule has 184 valence electrons. The fraction of sp³-hybridized carbons (Fsp3) is 0.304. The van der Waals surface area contributed by atoms with Gasteiger partial charge in [-0.25, -0.2) is 14.2 Å². The van der Waals surface area contributed by atoms with Gasteiger partial charge in [-0.1, -0.05) is 19.9 Å². The van der Waals surface area contributed by atoms with E-state index in [-0.39, 0.29) is 23.3 Å². The van der Waals surface area contributed by atoms with Crippen LogP contribution in [-0.4, -0.2) is 56.9 Å². The van der Waals surface area contributed by atoms with Crippen LogP contribution in [0.5, 0.6) is 0 Å². The van der Waals surface area contributed by atoms with E-state index in [2.05, 4.69) is 45.2 Å². The van der Waals surface area contributed by atoms with E-state index in [9.17, 15) is 13.6 Å². The third kappa shape index (κ3) is 3.54. The number of imidazole rings is 1. The second-order valence-corrected chi connectivity index (χ2v) is 8.83. The van der Waals surface area contributed by atoms with Crippen LogP contribution in [0.3, 0.4) is 0 Å². The molecule has 1 atom stereocenters. The van der Waals surface area contributed by atoms with Crippen LogP contribution in [0.2, 0.25) is 0 Å². The molecule has 0 saturated heterocycles. The lowest BCUT2D eigenvalue weighted by Gasteiger charge is -2.32. The summed E-state index contributed by atoms with van der Waals surface area (Å²) in [5.41, 5.74) is 4.56. The Kier molecular flexibility index (Phi) is 5.12. The lowest BCUT2D eigenvalue weighted by molar-refractivity contribution is 0.0566. The molecule has 0 fully saturated rings. The van der Waals surface area contributed by atoms with Crippen molar-refractivity contribution < 1.29 is 18.0 Å². The molecule has 1 aliphatic rings. The number of halogens is 2. The second kappa shape index (κ2) is 8.36. The number of rotatable bonds is 5. The third-order valence-corrected chi connectivity index (χ3v) is 6.30. The molecule has 36 heavy (non-hydrogen) atoms. The van der Waals surface area contributed by atoms with Crippen molar-refractivity contribution in [2.24, 2.45) is 0 Å². The minimum absolute atomic E-state index is 0.0754. The Balaban J connectivity index is 1.38. The van der Waals surface area contributed by atoms with Crippen LogP contribution >= 0.6 is 0 Å². The molecule has 0 spiro atoms. The van der Waals surface area contributed by atoms with Gasteiger partial charge in [0.2, 0.25) is 0 Å². The number of hydrogen-bond donors (Lipinski definition) is 1. The smallest absolute Gasteiger partial charge is 0.333 e. The number of amides is 1. The summed E-state index contributed by atoms with van der Waals surface area (Å²) in [6, 6.07) is 5.40. The molecule has 0 aliphatic carbocycles. The Bertz CT molecular complexity index is 1560. The van der Waals surface area contributed by atoms with Gasteiger partial charge in [0.25, 0.3) is 5.89 Å². The largest absolute Gasteiger partial charge is 0.412 e. The van der Waals surface area contributed by atoms with Gasteiger partial charge in [0.05, 0.1) is 35.0 Å². The predicted molar refractivity (Wildman–Crippen MR) is 121 cm³/mol. The highest BCUT2D eigenvalue weighted by atomic mass is 19.3. The molecule has 0 bridgehead atoms. The quantitative estimate of drug-likeness (QED) is 0.397. The third-order valence-electron chi connectivity index (χ3n) is 6.30. The number of nitrogens with zero attached hydrogens (tertiary/aromatic N) is 8. The van der Waals surface area contributed by atoms with Gasteiger partial charge in [0, 0.05) is 31.1 Å². The molecule has 5 aromatic rings. The Hall–Kier alpha value is -4.42. The van der Waals surface area contributed by atoms with E-state index in [4.69, 9.17) is 9.52 Å². The molecule has 6 heterocycles. The van der Waals surface area contributed by atoms with Gasteiger partial charge in [-0.3, -0.25) is 4.79 Å². The molecule has 6 rings (SSSR count). The average molecular weight is 493 g/mol. The molecule has 5 aromatic heterocycles. The molecule has 0 saturated carbocycles. The van der Waals surface area contributed by atoms with Crippen molar-refractivity contribution >= 4 is 11.4 Å². The van der Waals surface area contributed by atoms with Crippen molar-refractivity contribution in [2.75, 3.05) is 6.54 Å². The van der Waals surface area contributed by atoms with E-state index in [1.54, 1.807) is 15.7 Å². The summed E-state index contributed by atoms with van der Waals surface area (Å²) in [5, 5.41) is 16.1. The first-order valence-electron chi connectivity index (χ1n) is 11.4. The highest BCUT2D eigenvalue weighted by molar-refractivity contribution is 5.90. The van der Waals surface area contributed by atoms with Gasteiger partial charge in [0.1, 0.15) is 6.04 Å². The van der Waals surface area contributed by atoms with Crippen molar-refractivity contribution in [1.82, 2.24) is 44.5 Å². The number of hydrogen-bond acceptors (Lipinski definition) is 7. The Labute approximate surface area is 202 Å². The number of nitrogens with one attached hydrogen (secondary N) is 1. The van der Waals surface area contributed by atoms with E-state index in [1.807, 2.05) is 18.3 Å². The molecular formula is C23H21F2N9O2. The Morgan fingerprint density at radius 3 is 2.92 bits per heavy atom. The van der Waals surface area contributed by atoms with Gasteiger partial charge in [-0.15, -0.1) is 10.2 Å². The van der Waals surface area contributed by atoms with Crippen LogP contribution in [0.4, 0.5) is 8.78 Å². The van der Waals surface area contributed by atoms with Gasteiger partial charge < -0.3 is 14.3 Å². The first kappa shape index (κ1) is 22.1. The molecule has 0 aromatic carbocycles. The second-order valence-electron chi connectivity index (χ2n) is 8.83. The average Bonchev–Trinajstić information content (AvgIpc) is 3.66. The molecule has 11 nitrogen and oxygen atoms in total. The molecule has 13 heteroatoms. The van der Waals surface area contributed by atoms with Gasteiger partial charge in [0.15, 0.2) is 0 Å². The number of carbonyl (C=O) groups is 1. The first-order valence-corrected chi connectivity index (χ1v) is 11.4. The number of pyridine rings is 1. The standard InChI is InChI=1S/C23H21F2N9O2/c1-12(2)14-4-3-6-33-17(14)8-16(31-33)19-18-15(26-11-27-18)5-7-32(19)22(35)21-30-29-20(36-21)13-9-28-34(10-13)23(24)25/h3-4,6,8-12,19,23H,5,7H2,1-2H3,(H,26,27). The highest BCUT2D eigenvalue weighted by Gasteiger charge is 2.38.